The highest BCUT2D eigenvalue weighted by Gasteiger charge is 2.37. The number of carbonyl (C=O) groups is 2. The number of anilines is 1. The molecule has 114 valence electrons. The standard InChI is InChI=1S/C15H20N2O4/c1-2-21-14(20)17-10-8-15(9-11-17,13(18)19)16-12-6-4-3-5-7-12/h3-7,16H,2,8-11H2,1H3,(H,18,19)/p-1. The van der Waals surface area contributed by atoms with Gasteiger partial charge in [0.1, 0.15) is 0 Å². The second kappa shape index (κ2) is 6.47. The van der Waals surface area contributed by atoms with Crippen LogP contribution in [0.25, 0.3) is 0 Å². The van der Waals surface area contributed by atoms with Crippen LogP contribution in [0.1, 0.15) is 19.8 Å². The molecule has 2 rings (SSSR count). The molecule has 0 spiro atoms. The van der Waals surface area contributed by atoms with E-state index in [1.54, 1.807) is 6.92 Å². The molecule has 0 unspecified atom stereocenters. The van der Waals surface area contributed by atoms with Crippen molar-refractivity contribution >= 4 is 17.7 Å². The summed E-state index contributed by atoms with van der Waals surface area (Å²) in [6.07, 6.45) is 0.163. The third kappa shape index (κ3) is 3.45. The van der Waals surface area contributed by atoms with E-state index in [2.05, 4.69) is 5.32 Å². The van der Waals surface area contributed by atoms with E-state index in [1.165, 1.54) is 4.90 Å². The number of amides is 1. The Morgan fingerprint density at radius 3 is 2.43 bits per heavy atom. The minimum atomic E-state index is -1.15. The number of nitrogens with one attached hydrogen (secondary N) is 1. The molecule has 1 aromatic rings. The molecular weight excluding hydrogens is 272 g/mol. The van der Waals surface area contributed by atoms with E-state index < -0.39 is 17.6 Å². The first-order valence-corrected chi connectivity index (χ1v) is 7.04. The molecule has 0 saturated carbocycles. The van der Waals surface area contributed by atoms with Crippen LogP contribution in [0, 0.1) is 0 Å². The molecule has 6 heteroatoms. The number of aliphatic carboxylic acids is 1. The number of likely N-dealkylation sites (tertiary alicyclic amines) is 1. The summed E-state index contributed by atoms with van der Waals surface area (Å²) in [6.45, 7) is 2.70. The van der Waals surface area contributed by atoms with Crippen molar-refractivity contribution in [3.8, 4) is 0 Å². The van der Waals surface area contributed by atoms with E-state index in [0.717, 1.165) is 5.69 Å². The molecule has 1 fully saturated rings. The highest BCUT2D eigenvalue weighted by Crippen LogP contribution is 2.27. The van der Waals surface area contributed by atoms with Crippen LogP contribution < -0.4 is 10.4 Å². The molecule has 1 amide bonds. The lowest BCUT2D eigenvalue weighted by Gasteiger charge is -2.43. The van der Waals surface area contributed by atoms with Gasteiger partial charge in [-0.05, 0) is 31.9 Å². The Hall–Kier alpha value is -2.24. The molecule has 1 aliphatic rings. The van der Waals surface area contributed by atoms with Crippen LogP contribution in [-0.2, 0) is 9.53 Å². The van der Waals surface area contributed by atoms with Crippen molar-refractivity contribution in [2.75, 3.05) is 25.0 Å². The highest BCUT2D eigenvalue weighted by atomic mass is 16.6. The number of carboxylic acid groups (broad SMARTS) is 1. The molecular formula is C15H19N2O4-. The van der Waals surface area contributed by atoms with Crippen LogP contribution in [0.3, 0.4) is 0 Å². The minimum Gasteiger partial charge on any atom is -0.548 e. The van der Waals surface area contributed by atoms with Gasteiger partial charge in [-0.2, -0.15) is 0 Å². The molecule has 1 N–H and O–H groups in total. The first kappa shape index (κ1) is 15.2. The van der Waals surface area contributed by atoms with Crippen LogP contribution >= 0.6 is 0 Å². The number of ether oxygens (including phenoxy) is 1. The van der Waals surface area contributed by atoms with Crippen molar-refractivity contribution < 1.29 is 19.4 Å². The zero-order chi connectivity index (χ0) is 15.3. The quantitative estimate of drug-likeness (QED) is 0.889. The van der Waals surface area contributed by atoms with E-state index in [0.29, 0.717) is 19.7 Å². The average molecular weight is 291 g/mol. The third-order valence-electron chi connectivity index (χ3n) is 3.69. The number of carboxylic acids is 1. The molecule has 21 heavy (non-hydrogen) atoms. The zero-order valence-electron chi connectivity index (χ0n) is 12.0. The Bertz CT molecular complexity index is 496. The highest BCUT2D eigenvalue weighted by molar-refractivity contribution is 5.81. The SMILES string of the molecule is CCOC(=O)N1CCC(Nc2ccccc2)(C(=O)[O-])CC1. The number of nitrogens with zero attached hydrogens (tertiary/aromatic N) is 1. The lowest BCUT2D eigenvalue weighted by molar-refractivity contribution is -0.313. The van der Waals surface area contributed by atoms with Crippen LogP contribution in [0.5, 0.6) is 0 Å². The number of carbonyl (C=O) groups excluding carboxylic acids is 2. The third-order valence-corrected chi connectivity index (χ3v) is 3.69. The van der Waals surface area contributed by atoms with Gasteiger partial charge in [0.15, 0.2) is 0 Å². The van der Waals surface area contributed by atoms with E-state index >= 15 is 0 Å². The number of benzene rings is 1. The van der Waals surface area contributed by atoms with Gasteiger partial charge in [-0.1, -0.05) is 18.2 Å². The van der Waals surface area contributed by atoms with Crippen molar-refractivity contribution in [3.63, 3.8) is 0 Å². The normalized spacial score (nSPS) is 17.1. The molecule has 6 nitrogen and oxygen atoms in total. The lowest BCUT2D eigenvalue weighted by atomic mass is 9.87. The average Bonchev–Trinajstić information content (AvgIpc) is 2.49. The van der Waals surface area contributed by atoms with Gasteiger partial charge in [0, 0.05) is 18.8 Å². The second-order valence-electron chi connectivity index (χ2n) is 5.05. The summed E-state index contributed by atoms with van der Waals surface area (Å²) in [7, 11) is 0. The van der Waals surface area contributed by atoms with Gasteiger partial charge >= 0.3 is 6.09 Å². The smallest absolute Gasteiger partial charge is 0.409 e. The van der Waals surface area contributed by atoms with Gasteiger partial charge < -0.3 is 24.9 Å². The van der Waals surface area contributed by atoms with Gasteiger partial charge in [0.05, 0.1) is 18.1 Å². The van der Waals surface area contributed by atoms with Crippen molar-refractivity contribution in [1.29, 1.82) is 0 Å². The largest absolute Gasteiger partial charge is 0.548 e. The number of rotatable bonds is 4. The number of hydrogen-bond acceptors (Lipinski definition) is 5. The molecule has 0 atom stereocenters. The Labute approximate surface area is 123 Å². The number of para-hydroxylation sites is 1. The van der Waals surface area contributed by atoms with E-state index in [1.807, 2.05) is 30.3 Å². The number of piperidine rings is 1. The summed E-state index contributed by atoms with van der Waals surface area (Å²) < 4.78 is 4.93. The van der Waals surface area contributed by atoms with Gasteiger partial charge in [0.2, 0.25) is 0 Å². The molecule has 0 aromatic heterocycles. The topological polar surface area (TPSA) is 81.7 Å². The van der Waals surface area contributed by atoms with Gasteiger partial charge in [-0.25, -0.2) is 4.79 Å². The summed E-state index contributed by atoms with van der Waals surface area (Å²) in [6, 6.07) is 9.14. The molecule has 1 aromatic carbocycles. The van der Waals surface area contributed by atoms with Crippen molar-refractivity contribution in [2.24, 2.45) is 0 Å². The Morgan fingerprint density at radius 1 is 1.29 bits per heavy atom. The van der Waals surface area contributed by atoms with Gasteiger partial charge in [-0.3, -0.25) is 0 Å². The summed E-state index contributed by atoms with van der Waals surface area (Å²) in [5, 5.41) is 14.6. The Kier molecular flexibility index (Phi) is 4.67. The summed E-state index contributed by atoms with van der Waals surface area (Å²) >= 11 is 0. The molecule has 1 saturated heterocycles. The summed E-state index contributed by atoms with van der Waals surface area (Å²) in [4.78, 5) is 24.8. The maximum absolute atomic E-state index is 11.7. The van der Waals surface area contributed by atoms with Crippen molar-refractivity contribution in [2.45, 2.75) is 25.3 Å². The van der Waals surface area contributed by atoms with Crippen LogP contribution in [0.15, 0.2) is 30.3 Å². The summed E-state index contributed by atoms with van der Waals surface area (Å²) in [5.41, 5.74) is -0.420. The number of hydrogen-bond donors (Lipinski definition) is 1. The van der Waals surface area contributed by atoms with Crippen LogP contribution in [0.4, 0.5) is 10.5 Å². The Morgan fingerprint density at radius 2 is 1.90 bits per heavy atom. The van der Waals surface area contributed by atoms with Crippen LogP contribution in [-0.4, -0.2) is 42.2 Å². The fraction of sp³-hybridized carbons (Fsp3) is 0.467. The fourth-order valence-electron chi connectivity index (χ4n) is 2.46. The first-order valence-electron chi connectivity index (χ1n) is 7.04. The summed E-state index contributed by atoms with van der Waals surface area (Å²) in [5.74, 6) is -1.14. The van der Waals surface area contributed by atoms with E-state index in [9.17, 15) is 14.7 Å². The van der Waals surface area contributed by atoms with E-state index in [4.69, 9.17) is 4.74 Å². The lowest BCUT2D eigenvalue weighted by Crippen LogP contribution is -2.60. The fourth-order valence-corrected chi connectivity index (χ4v) is 2.46. The minimum absolute atomic E-state index is 0.281. The first-order chi connectivity index (χ1) is 10.1. The molecule has 1 heterocycles. The van der Waals surface area contributed by atoms with Crippen molar-refractivity contribution in [1.82, 2.24) is 4.90 Å². The molecule has 1 aliphatic heterocycles. The molecule has 0 radical (unpaired) electrons. The van der Waals surface area contributed by atoms with Gasteiger partial charge in [0.25, 0.3) is 0 Å². The molecule has 0 bridgehead atoms. The predicted molar refractivity (Wildman–Crippen MR) is 75.6 cm³/mol. The van der Waals surface area contributed by atoms with Gasteiger partial charge in [-0.15, -0.1) is 0 Å². The van der Waals surface area contributed by atoms with E-state index in [-0.39, 0.29) is 12.8 Å². The zero-order valence-corrected chi connectivity index (χ0v) is 12.0. The van der Waals surface area contributed by atoms with Crippen LogP contribution in [0.2, 0.25) is 0 Å². The second-order valence-corrected chi connectivity index (χ2v) is 5.05. The maximum Gasteiger partial charge on any atom is 0.409 e. The molecule has 0 aliphatic carbocycles. The maximum atomic E-state index is 11.7. The van der Waals surface area contributed by atoms with Crippen molar-refractivity contribution in [3.05, 3.63) is 30.3 Å². The predicted octanol–water partition coefficient (Wildman–Crippen LogP) is 0.839. The monoisotopic (exact) mass is 291 g/mol. The Balaban J connectivity index is 2.05.